The zero-order chi connectivity index (χ0) is 24.5. The molecule has 0 radical (unpaired) electrons. The summed E-state index contributed by atoms with van der Waals surface area (Å²) >= 11 is 0. The van der Waals surface area contributed by atoms with Crippen LogP contribution in [0.25, 0.3) is 0 Å². The number of aryl methyl sites for hydroxylation is 2. The summed E-state index contributed by atoms with van der Waals surface area (Å²) < 4.78 is 40.5. The van der Waals surface area contributed by atoms with Crippen molar-refractivity contribution in [1.29, 1.82) is 0 Å². The maximum Gasteiger partial charge on any atom is 1.00 e. The third kappa shape index (κ3) is 15.1. The van der Waals surface area contributed by atoms with Gasteiger partial charge in [0, 0.05) is 0 Å². The molecule has 0 saturated carbocycles. The molecule has 6 heteroatoms. The van der Waals surface area contributed by atoms with Crippen molar-refractivity contribution in [1.82, 2.24) is 0 Å². The zero-order valence-electron chi connectivity index (χ0n) is 22.7. The molecule has 0 aliphatic heterocycles. The van der Waals surface area contributed by atoms with Gasteiger partial charge in [0.2, 0.25) is 0 Å². The Kier molecular flexibility index (Phi) is 20.0. The van der Waals surface area contributed by atoms with E-state index in [2.05, 4.69) is 32.0 Å². The van der Waals surface area contributed by atoms with Crippen LogP contribution in [-0.4, -0.2) is 24.3 Å². The zero-order valence-corrected chi connectivity index (χ0v) is 25.6. The number of ether oxygens (including phenoxy) is 1. The maximum absolute atomic E-state index is 11.5. The summed E-state index contributed by atoms with van der Waals surface area (Å²) in [5.74, 6) is 0.754. The summed E-state index contributed by atoms with van der Waals surface area (Å²) in [5.41, 5.74) is 2.35. The van der Waals surface area contributed by atoms with Crippen molar-refractivity contribution in [2.24, 2.45) is 0 Å². The van der Waals surface area contributed by atoms with Gasteiger partial charge in [-0.05, 0) is 56.7 Å². The van der Waals surface area contributed by atoms with Crippen molar-refractivity contribution in [3.05, 3.63) is 29.3 Å². The average Bonchev–Trinajstić information content (AvgIpc) is 2.77. The van der Waals surface area contributed by atoms with Crippen LogP contribution in [0.5, 0.6) is 5.75 Å². The predicted molar refractivity (Wildman–Crippen MR) is 139 cm³/mol. The molecule has 34 heavy (non-hydrogen) atoms. The molecule has 0 spiro atoms. The number of hydrogen-bond donors (Lipinski definition) is 0. The summed E-state index contributed by atoms with van der Waals surface area (Å²) in [6.45, 7) is 7.59. The van der Waals surface area contributed by atoms with Crippen LogP contribution in [-0.2, 0) is 23.0 Å². The molecule has 4 nitrogen and oxygen atoms in total. The Bertz CT molecular complexity index is 736. The largest absolute Gasteiger partial charge is 1.00 e. The van der Waals surface area contributed by atoms with Crippen LogP contribution in [0.15, 0.2) is 18.2 Å². The fourth-order valence-corrected chi connectivity index (χ4v) is 4.69. The van der Waals surface area contributed by atoms with Crippen LogP contribution in [0.3, 0.4) is 0 Å². The Morgan fingerprint density at radius 2 is 1.24 bits per heavy atom. The first-order chi connectivity index (χ1) is 15.8. The second-order valence-electron chi connectivity index (χ2n) is 9.71. The summed E-state index contributed by atoms with van der Waals surface area (Å²) in [6.07, 6.45) is 18.9. The van der Waals surface area contributed by atoms with Crippen LogP contribution in [0.4, 0.5) is 0 Å². The summed E-state index contributed by atoms with van der Waals surface area (Å²) in [5, 5.41) is -1.07. The second kappa shape index (κ2) is 20.0. The summed E-state index contributed by atoms with van der Waals surface area (Å²) in [7, 11) is -4.38. The predicted octanol–water partition coefficient (Wildman–Crippen LogP) is 4.98. The third-order valence-electron chi connectivity index (χ3n) is 6.68. The van der Waals surface area contributed by atoms with E-state index in [1.54, 1.807) is 6.92 Å². The van der Waals surface area contributed by atoms with Gasteiger partial charge in [0.15, 0.2) is 0 Å². The monoisotopic (exact) mass is 504 g/mol. The number of hydrogen-bond acceptors (Lipinski definition) is 4. The topological polar surface area (TPSA) is 66.4 Å². The molecule has 1 aromatic carbocycles. The van der Waals surface area contributed by atoms with Gasteiger partial charge in [-0.1, -0.05) is 103 Å². The van der Waals surface area contributed by atoms with E-state index in [-0.39, 0.29) is 29.6 Å². The molecule has 192 valence electrons. The Labute approximate surface area is 233 Å². The number of rotatable bonds is 20. The molecule has 2 atom stereocenters. The SMILES string of the molecule is CCCCCCCCCc1ccc(CCCCCCCCC)c(OC(C)C(C)S(=O)(=O)[O-])c1.[Na+]. The minimum absolute atomic E-state index is 0. The van der Waals surface area contributed by atoms with Crippen molar-refractivity contribution >= 4 is 10.1 Å². The van der Waals surface area contributed by atoms with Gasteiger partial charge in [0.05, 0.1) is 5.25 Å². The molecule has 1 rings (SSSR count). The van der Waals surface area contributed by atoms with Gasteiger partial charge < -0.3 is 9.29 Å². The quantitative estimate of drug-likeness (QED) is 0.143. The van der Waals surface area contributed by atoms with Crippen molar-refractivity contribution in [2.45, 2.75) is 142 Å². The van der Waals surface area contributed by atoms with E-state index in [9.17, 15) is 13.0 Å². The fourth-order valence-electron chi connectivity index (χ4n) is 4.16. The molecular formula is C28H49NaO4S. The first-order valence-corrected chi connectivity index (χ1v) is 15.0. The summed E-state index contributed by atoms with van der Waals surface area (Å²) in [4.78, 5) is 0. The van der Waals surface area contributed by atoms with Crippen LogP contribution >= 0.6 is 0 Å². The van der Waals surface area contributed by atoms with E-state index in [0.717, 1.165) is 37.0 Å². The van der Waals surface area contributed by atoms with Gasteiger partial charge in [-0.2, -0.15) is 0 Å². The van der Waals surface area contributed by atoms with E-state index in [4.69, 9.17) is 4.74 Å². The van der Waals surface area contributed by atoms with Gasteiger partial charge in [0.1, 0.15) is 22.0 Å². The smallest absolute Gasteiger partial charge is 0.748 e. The van der Waals surface area contributed by atoms with Gasteiger partial charge in [-0.15, -0.1) is 0 Å². The Morgan fingerprint density at radius 1 is 0.765 bits per heavy atom. The van der Waals surface area contributed by atoms with E-state index in [1.165, 1.54) is 89.5 Å². The van der Waals surface area contributed by atoms with Gasteiger partial charge in [-0.3, -0.25) is 0 Å². The normalized spacial score (nSPS) is 13.3. The van der Waals surface area contributed by atoms with E-state index < -0.39 is 21.5 Å². The standard InChI is InChI=1S/C28H50O4S.Na/c1-5-7-9-11-13-15-17-19-26-21-22-27(20-18-16-14-12-10-8-6-2)28(23-26)32-24(3)25(4)33(29,30)31;/h21-25H,5-20H2,1-4H3,(H,29,30,31);/q;+1/p-1. The van der Waals surface area contributed by atoms with Crippen molar-refractivity contribution in [2.75, 3.05) is 0 Å². The molecule has 0 aliphatic carbocycles. The molecule has 0 heterocycles. The molecule has 2 unspecified atom stereocenters. The van der Waals surface area contributed by atoms with Gasteiger partial charge in [-0.25, -0.2) is 8.42 Å². The van der Waals surface area contributed by atoms with Gasteiger partial charge in [0.25, 0.3) is 0 Å². The molecule has 0 saturated heterocycles. The van der Waals surface area contributed by atoms with Crippen LogP contribution in [0.2, 0.25) is 0 Å². The van der Waals surface area contributed by atoms with Crippen molar-refractivity contribution in [3.8, 4) is 5.75 Å². The molecule has 0 bridgehead atoms. The Morgan fingerprint density at radius 3 is 1.74 bits per heavy atom. The molecule has 0 aliphatic rings. The number of benzene rings is 1. The molecule has 1 aromatic rings. The van der Waals surface area contributed by atoms with Crippen molar-refractivity contribution in [3.63, 3.8) is 0 Å². The third-order valence-corrected chi connectivity index (χ3v) is 7.97. The average molecular weight is 505 g/mol. The van der Waals surface area contributed by atoms with Crippen molar-refractivity contribution < 1.29 is 47.3 Å². The first kappa shape index (κ1) is 33.9. The second-order valence-corrected chi connectivity index (χ2v) is 11.4. The Hall–Kier alpha value is -0.0700. The maximum atomic E-state index is 11.5. The molecular weight excluding hydrogens is 455 g/mol. The first-order valence-electron chi connectivity index (χ1n) is 13.5. The fraction of sp³-hybridized carbons (Fsp3) is 0.786. The summed E-state index contributed by atoms with van der Waals surface area (Å²) in [6, 6.07) is 6.42. The molecule has 0 N–H and O–H groups in total. The van der Waals surface area contributed by atoms with Crippen LogP contribution < -0.4 is 34.3 Å². The molecule has 0 fully saturated rings. The minimum Gasteiger partial charge on any atom is -0.748 e. The number of unbranched alkanes of at least 4 members (excludes halogenated alkanes) is 12. The van der Waals surface area contributed by atoms with E-state index in [0.29, 0.717) is 0 Å². The minimum atomic E-state index is -4.38. The Balaban J connectivity index is 0.0000109. The van der Waals surface area contributed by atoms with E-state index in [1.807, 2.05) is 0 Å². The van der Waals surface area contributed by atoms with Gasteiger partial charge >= 0.3 is 29.6 Å². The molecule has 0 aromatic heterocycles. The van der Waals surface area contributed by atoms with Crippen LogP contribution in [0.1, 0.15) is 129 Å². The van der Waals surface area contributed by atoms with E-state index >= 15 is 0 Å². The molecule has 0 amide bonds. The van der Waals surface area contributed by atoms with Crippen LogP contribution in [0, 0.1) is 0 Å².